The number of hydrogen-bond acceptors (Lipinski definition) is 3. The second-order valence-electron chi connectivity index (χ2n) is 4.23. The predicted octanol–water partition coefficient (Wildman–Crippen LogP) is 1.90. The minimum absolute atomic E-state index is 0.134. The molecule has 5 heteroatoms. The summed E-state index contributed by atoms with van der Waals surface area (Å²) in [4.78, 5) is 0. The maximum absolute atomic E-state index is 11.5. The van der Waals surface area contributed by atoms with Gasteiger partial charge in [-0.2, -0.15) is 0 Å². The van der Waals surface area contributed by atoms with Gasteiger partial charge in [-0.05, 0) is 32.0 Å². The van der Waals surface area contributed by atoms with Crippen LogP contribution in [0.15, 0.2) is 24.3 Å². The van der Waals surface area contributed by atoms with E-state index in [0.717, 1.165) is 5.56 Å². The molecule has 0 spiro atoms. The van der Waals surface area contributed by atoms with Crippen LogP contribution in [0.2, 0.25) is 5.02 Å². The highest BCUT2D eigenvalue weighted by molar-refractivity contribution is 7.91. The van der Waals surface area contributed by atoms with Crippen molar-refractivity contribution in [1.29, 1.82) is 0 Å². The summed E-state index contributed by atoms with van der Waals surface area (Å²) in [6.07, 6.45) is 1.86. The summed E-state index contributed by atoms with van der Waals surface area (Å²) in [6.45, 7) is 1.72. The van der Waals surface area contributed by atoms with Crippen molar-refractivity contribution in [3.05, 3.63) is 34.9 Å². The van der Waals surface area contributed by atoms with E-state index in [-0.39, 0.29) is 6.04 Å². The van der Waals surface area contributed by atoms with E-state index in [0.29, 0.717) is 11.4 Å². The molecule has 0 amide bonds. The fourth-order valence-electron chi connectivity index (χ4n) is 1.70. The first-order valence-corrected chi connectivity index (χ1v) is 7.79. The predicted molar refractivity (Wildman–Crippen MR) is 72.3 cm³/mol. The molecule has 96 valence electrons. The number of sulfone groups is 1. The van der Waals surface area contributed by atoms with Crippen molar-refractivity contribution in [1.82, 2.24) is 5.32 Å². The molecule has 3 nitrogen and oxygen atoms in total. The van der Waals surface area contributed by atoms with Crippen molar-refractivity contribution in [3.63, 3.8) is 0 Å². The number of rotatable bonds is 5. The Labute approximate surface area is 108 Å². The van der Waals surface area contributed by atoms with Crippen LogP contribution >= 0.6 is 11.6 Å². The molecule has 1 aromatic rings. The van der Waals surface area contributed by atoms with Crippen molar-refractivity contribution in [2.75, 3.05) is 13.3 Å². The lowest BCUT2D eigenvalue weighted by Crippen LogP contribution is -2.42. The maximum Gasteiger partial charge on any atom is 0.151 e. The fourth-order valence-corrected chi connectivity index (χ4v) is 2.74. The summed E-state index contributed by atoms with van der Waals surface area (Å²) in [6, 6.07) is 7.36. The van der Waals surface area contributed by atoms with E-state index >= 15 is 0 Å². The molecule has 0 saturated carbocycles. The molecule has 0 heterocycles. The first kappa shape index (κ1) is 14.5. The van der Waals surface area contributed by atoms with Gasteiger partial charge in [-0.1, -0.05) is 29.8 Å². The lowest BCUT2D eigenvalue weighted by Gasteiger charge is -2.22. The second kappa shape index (κ2) is 5.85. The summed E-state index contributed by atoms with van der Waals surface area (Å²) in [5.74, 6) is 0. The molecule has 0 aliphatic carbocycles. The molecule has 17 heavy (non-hydrogen) atoms. The first-order chi connectivity index (χ1) is 7.86. The van der Waals surface area contributed by atoms with Gasteiger partial charge in [0.15, 0.2) is 9.84 Å². The minimum atomic E-state index is -3.05. The summed E-state index contributed by atoms with van der Waals surface area (Å²) >= 11 is 6.07. The van der Waals surface area contributed by atoms with Crippen molar-refractivity contribution >= 4 is 21.4 Å². The van der Waals surface area contributed by atoms with Crippen molar-refractivity contribution in [2.24, 2.45) is 0 Å². The third kappa shape index (κ3) is 3.98. The van der Waals surface area contributed by atoms with Crippen LogP contribution < -0.4 is 5.32 Å². The zero-order valence-electron chi connectivity index (χ0n) is 10.3. The van der Waals surface area contributed by atoms with Gasteiger partial charge in [0.1, 0.15) is 0 Å². The number of benzene rings is 1. The van der Waals surface area contributed by atoms with Crippen molar-refractivity contribution < 1.29 is 8.42 Å². The van der Waals surface area contributed by atoms with Gasteiger partial charge in [-0.15, -0.1) is 0 Å². The van der Waals surface area contributed by atoms with Gasteiger partial charge < -0.3 is 5.32 Å². The van der Waals surface area contributed by atoms with E-state index in [2.05, 4.69) is 5.32 Å². The highest BCUT2D eigenvalue weighted by Crippen LogP contribution is 2.19. The Morgan fingerprint density at radius 1 is 1.35 bits per heavy atom. The van der Waals surface area contributed by atoms with E-state index in [9.17, 15) is 8.42 Å². The quantitative estimate of drug-likeness (QED) is 0.893. The molecule has 1 rings (SSSR count). The Bertz CT molecular complexity index is 473. The monoisotopic (exact) mass is 275 g/mol. The summed E-state index contributed by atoms with van der Waals surface area (Å²) in [7, 11) is -1.29. The highest BCUT2D eigenvalue weighted by Gasteiger charge is 2.25. The zero-order chi connectivity index (χ0) is 13.1. The molecule has 0 aliphatic heterocycles. The smallest absolute Gasteiger partial charge is 0.151 e. The van der Waals surface area contributed by atoms with Gasteiger partial charge in [-0.3, -0.25) is 0 Å². The van der Waals surface area contributed by atoms with E-state index in [1.165, 1.54) is 6.26 Å². The highest BCUT2D eigenvalue weighted by atomic mass is 35.5. The Balaban J connectivity index is 2.88. The van der Waals surface area contributed by atoms with Gasteiger partial charge in [0.2, 0.25) is 0 Å². The average Bonchev–Trinajstić information content (AvgIpc) is 2.26. The first-order valence-electron chi connectivity index (χ1n) is 5.45. The summed E-state index contributed by atoms with van der Waals surface area (Å²) in [5.41, 5.74) is 0.962. The lowest BCUT2D eigenvalue weighted by atomic mass is 10.0. The minimum Gasteiger partial charge on any atom is -0.315 e. The van der Waals surface area contributed by atoms with Gasteiger partial charge in [0.25, 0.3) is 0 Å². The molecule has 0 aromatic heterocycles. The molecule has 0 fully saturated rings. The zero-order valence-corrected chi connectivity index (χ0v) is 11.8. The normalized spacial score (nSPS) is 15.5. The van der Waals surface area contributed by atoms with Crippen LogP contribution in [0.4, 0.5) is 0 Å². The standard InChI is InChI=1S/C12H18ClNO2S/c1-9(17(3,15)16)12(14-2)8-10-6-4-5-7-11(10)13/h4-7,9,12,14H,8H2,1-3H3. The second-order valence-corrected chi connectivity index (χ2v) is 7.04. The van der Waals surface area contributed by atoms with E-state index < -0.39 is 15.1 Å². The summed E-state index contributed by atoms with van der Waals surface area (Å²) in [5, 5.41) is 3.28. The number of halogens is 1. The molecule has 2 unspecified atom stereocenters. The van der Waals surface area contributed by atoms with Gasteiger partial charge >= 0.3 is 0 Å². The van der Waals surface area contributed by atoms with Crippen LogP contribution in [0.25, 0.3) is 0 Å². The molecular formula is C12H18ClNO2S. The van der Waals surface area contributed by atoms with E-state index in [1.54, 1.807) is 14.0 Å². The van der Waals surface area contributed by atoms with Gasteiger partial charge in [0, 0.05) is 17.3 Å². The number of nitrogens with one attached hydrogen (secondary N) is 1. The lowest BCUT2D eigenvalue weighted by molar-refractivity contribution is 0.516. The van der Waals surface area contributed by atoms with Gasteiger partial charge in [-0.25, -0.2) is 8.42 Å². The number of likely N-dealkylation sites (N-methyl/N-ethyl adjacent to an activating group) is 1. The summed E-state index contributed by atoms with van der Waals surface area (Å²) < 4.78 is 23.1. The Morgan fingerprint density at radius 3 is 2.41 bits per heavy atom. The third-order valence-electron chi connectivity index (χ3n) is 3.01. The van der Waals surface area contributed by atoms with Crippen LogP contribution in [0, 0.1) is 0 Å². The fraction of sp³-hybridized carbons (Fsp3) is 0.500. The van der Waals surface area contributed by atoms with Crippen LogP contribution in [0.3, 0.4) is 0 Å². The van der Waals surface area contributed by atoms with Crippen LogP contribution in [0.1, 0.15) is 12.5 Å². The molecule has 0 radical (unpaired) electrons. The molecule has 0 bridgehead atoms. The van der Waals surface area contributed by atoms with Crippen LogP contribution in [-0.2, 0) is 16.3 Å². The average molecular weight is 276 g/mol. The van der Waals surface area contributed by atoms with E-state index in [1.807, 2.05) is 24.3 Å². The van der Waals surface area contributed by atoms with E-state index in [4.69, 9.17) is 11.6 Å². The van der Waals surface area contributed by atoms with Crippen molar-refractivity contribution in [2.45, 2.75) is 24.6 Å². The maximum atomic E-state index is 11.5. The SMILES string of the molecule is CNC(Cc1ccccc1Cl)C(C)S(C)(=O)=O. The Hall–Kier alpha value is -0.580. The Kier molecular flexibility index (Phi) is 4.98. The van der Waals surface area contributed by atoms with Crippen molar-refractivity contribution in [3.8, 4) is 0 Å². The van der Waals surface area contributed by atoms with Crippen LogP contribution in [0.5, 0.6) is 0 Å². The molecular weight excluding hydrogens is 258 g/mol. The molecule has 0 saturated heterocycles. The largest absolute Gasteiger partial charge is 0.315 e. The molecule has 1 N–H and O–H groups in total. The molecule has 2 atom stereocenters. The molecule has 1 aromatic carbocycles. The van der Waals surface area contributed by atoms with Gasteiger partial charge in [0.05, 0.1) is 5.25 Å². The topological polar surface area (TPSA) is 46.2 Å². The van der Waals surface area contributed by atoms with Crippen LogP contribution in [-0.4, -0.2) is 33.0 Å². The third-order valence-corrected chi connectivity index (χ3v) is 5.06. The Morgan fingerprint density at radius 2 is 1.94 bits per heavy atom. The molecule has 0 aliphatic rings. The number of hydrogen-bond donors (Lipinski definition) is 1.